The molecule has 0 N–H and O–H groups in total. The summed E-state index contributed by atoms with van der Waals surface area (Å²) in [4.78, 5) is 16.5. The number of sulfonamides is 1. The van der Waals surface area contributed by atoms with Crippen molar-refractivity contribution in [2.45, 2.75) is 19.8 Å². The van der Waals surface area contributed by atoms with Crippen molar-refractivity contribution in [3.63, 3.8) is 0 Å². The van der Waals surface area contributed by atoms with Crippen molar-refractivity contribution in [1.82, 2.24) is 9.29 Å². The number of carbonyl (C=O) groups is 1. The van der Waals surface area contributed by atoms with Crippen molar-refractivity contribution in [1.29, 1.82) is 0 Å². The highest BCUT2D eigenvalue weighted by Crippen LogP contribution is 2.31. The SMILES string of the molecule is CCC[C@H]1CN(S(C)(=O)=O)CC1C(=O)c1ccncc1. The van der Waals surface area contributed by atoms with E-state index in [1.54, 1.807) is 24.5 Å². The minimum Gasteiger partial charge on any atom is -0.294 e. The summed E-state index contributed by atoms with van der Waals surface area (Å²) >= 11 is 0. The summed E-state index contributed by atoms with van der Waals surface area (Å²) in [6, 6.07) is 3.38. The molecular weight excluding hydrogens is 276 g/mol. The minimum atomic E-state index is -3.23. The lowest BCUT2D eigenvalue weighted by molar-refractivity contribution is 0.0897. The van der Waals surface area contributed by atoms with Gasteiger partial charge in [-0.25, -0.2) is 12.7 Å². The number of Topliss-reactive ketones (excluding diaryl/α,β-unsaturated/α-hetero) is 1. The number of rotatable bonds is 5. The van der Waals surface area contributed by atoms with Crippen molar-refractivity contribution in [2.24, 2.45) is 11.8 Å². The molecule has 0 amide bonds. The monoisotopic (exact) mass is 296 g/mol. The molecule has 1 fully saturated rings. The molecule has 2 rings (SSSR count). The molecule has 0 spiro atoms. The molecule has 2 heterocycles. The molecular formula is C14H20N2O3S. The molecule has 0 saturated carbocycles. The van der Waals surface area contributed by atoms with E-state index in [1.807, 2.05) is 0 Å². The van der Waals surface area contributed by atoms with Gasteiger partial charge in [0.25, 0.3) is 0 Å². The second-order valence-corrected chi connectivity index (χ2v) is 7.32. The predicted octanol–water partition coefficient (Wildman–Crippen LogP) is 1.57. The zero-order chi connectivity index (χ0) is 14.8. The van der Waals surface area contributed by atoms with E-state index in [-0.39, 0.29) is 17.6 Å². The molecule has 0 aliphatic carbocycles. The first-order chi connectivity index (χ1) is 9.43. The van der Waals surface area contributed by atoms with Crippen LogP contribution in [0.15, 0.2) is 24.5 Å². The molecule has 1 saturated heterocycles. The highest BCUT2D eigenvalue weighted by molar-refractivity contribution is 7.88. The van der Waals surface area contributed by atoms with Gasteiger partial charge in [0.1, 0.15) is 0 Å². The lowest BCUT2D eigenvalue weighted by Gasteiger charge is -2.16. The first-order valence-corrected chi connectivity index (χ1v) is 8.67. The Balaban J connectivity index is 2.22. The summed E-state index contributed by atoms with van der Waals surface area (Å²) < 4.78 is 24.8. The summed E-state index contributed by atoms with van der Waals surface area (Å²) in [7, 11) is -3.23. The summed E-state index contributed by atoms with van der Waals surface area (Å²) in [5.74, 6) is -0.112. The first-order valence-electron chi connectivity index (χ1n) is 6.83. The van der Waals surface area contributed by atoms with Crippen LogP contribution in [-0.2, 0) is 10.0 Å². The highest BCUT2D eigenvalue weighted by atomic mass is 32.2. The Morgan fingerprint density at radius 3 is 2.55 bits per heavy atom. The van der Waals surface area contributed by atoms with E-state index in [2.05, 4.69) is 11.9 Å². The van der Waals surface area contributed by atoms with Crippen molar-refractivity contribution in [3.05, 3.63) is 30.1 Å². The van der Waals surface area contributed by atoms with Crippen LogP contribution in [0.2, 0.25) is 0 Å². The van der Waals surface area contributed by atoms with Crippen LogP contribution in [-0.4, -0.2) is 42.8 Å². The molecule has 1 aromatic rings. The van der Waals surface area contributed by atoms with Gasteiger partial charge in [-0.2, -0.15) is 0 Å². The molecule has 6 heteroatoms. The number of aromatic nitrogens is 1. The number of ketones is 1. The zero-order valence-electron chi connectivity index (χ0n) is 11.8. The molecule has 1 aromatic heterocycles. The Bertz CT molecular complexity index is 571. The molecule has 0 radical (unpaired) electrons. The van der Waals surface area contributed by atoms with Crippen molar-refractivity contribution >= 4 is 15.8 Å². The third-order valence-corrected chi connectivity index (χ3v) is 5.07. The quantitative estimate of drug-likeness (QED) is 0.774. The molecule has 110 valence electrons. The topological polar surface area (TPSA) is 67.3 Å². The van der Waals surface area contributed by atoms with Crippen LogP contribution >= 0.6 is 0 Å². The lowest BCUT2D eigenvalue weighted by Crippen LogP contribution is -2.28. The normalized spacial score (nSPS) is 23.9. The van der Waals surface area contributed by atoms with Crippen LogP contribution in [0.3, 0.4) is 0 Å². The maximum Gasteiger partial charge on any atom is 0.211 e. The van der Waals surface area contributed by atoms with E-state index in [1.165, 1.54) is 10.6 Å². The van der Waals surface area contributed by atoms with Crippen LogP contribution in [0.5, 0.6) is 0 Å². The van der Waals surface area contributed by atoms with Crippen molar-refractivity contribution in [3.8, 4) is 0 Å². The fraction of sp³-hybridized carbons (Fsp3) is 0.571. The van der Waals surface area contributed by atoms with Gasteiger partial charge in [0.05, 0.1) is 6.26 Å². The molecule has 0 aromatic carbocycles. The maximum atomic E-state index is 12.6. The van der Waals surface area contributed by atoms with Crippen LogP contribution in [0.1, 0.15) is 30.1 Å². The number of nitrogens with zero attached hydrogens (tertiary/aromatic N) is 2. The number of carbonyl (C=O) groups excluding carboxylic acids is 1. The molecule has 1 aliphatic rings. The number of pyridine rings is 1. The molecule has 1 unspecified atom stereocenters. The Kier molecular flexibility index (Phi) is 4.55. The van der Waals surface area contributed by atoms with Gasteiger partial charge < -0.3 is 0 Å². The predicted molar refractivity (Wildman–Crippen MR) is 76.9 cm³/mol. The van der Waals surface area contributed by atoms with Crippen LogP contribution in [0.4, 0.5) is 0 Å². The van der Waals surface area contributed by atoms with E-state index in [0.717, 1.165) is 12.8 Å². The van der Waals surface area contributed by atoms with Gasteiger partial charge in [-0.05, 0) is 24.5 Å². The second-order valence-electron chi connectivity index (χ2n) is 5.34. The average molecular weight is 296 g/mol. The molecule has 5 nitrogen and oxygen atoms in total. The van der Waals surface area contributed by atoms with Gasteiger partial charge >= 0.3 is 0 Å². The fourth-order valence-corrected chi connectivity index (χ4v) is 3.69. The van der Waals surface area contributed by atoms with Crippen molar-refractivity contribution in [2.75, 3.05) is 19.3 Å². The number of hydrogen-bond donors (Lipinski definition) is 0. The van der Waals surface area contributed by atoms with Gasteiger partial charge in [0.2, 0.25) is 10.0 Å². The smallest absolute Gasteiger partial charge is 0.211 e. The second kappa shape index (κ2) is 6.01. The molecule has 20 heavy (non-hydrogen) atoms. The Morgan fingerprint density at radius 1 is 1.35 bits per heavy atom. The molecule has 1 aliphatic heterocycles. The summed E-state index contributed by atoms with van der Waals surface area (Å²) in [5.41, 5.74) is 0.612. The highest BCUT2D eigenvalue weighted by Gasteiger charge is 2.40. The van der Waals surface area contributed by atoms with E-state index >= 15 is 0 Å². The summed E-state index contributed by atoms with van der Waals surface area (Å²) in [6.45, 7) is 2.80. The third-order valence-electron chi connectivity index (χ3n) is 3.84. The number of hydrogen-bond acceptors (Lipinski definition) is 4. The Labute approximate surface area is 120 Å². The summed E-state index contributed by atoms with van der Waals surface area (Å²) in [5, 5.41) is 0. The summed E-state index contributed by atoms with van der Waals surface area (Å²) in [6.07, 6.45) is 6.20. The van der Waals surface area contributed by atoms with E-state index in [4.69, 9.17) is 0 Å². The molecule has 2 atom stereocenters. The van der Waals surface area contributed by atoms with Gasteiger partial charge in [-0.1, -0.05) is 13.3 Å². The Hall–Kier alpha value is -1.27. The zero-order valence-corrected chi connectivity index (χ0v) is 12.6. The van der Waals surface area contributed by atoms with Gasteiger partial charge in [-0.3, -0.25) is 9.78 Å². The van der Waals surface area contributed by atoms with E-state index in [0.29, 0.717) is 18.7 Å². The minimum absolute atomic E-state index is 0.0250. The largest absolute Gasteiger partial charge is 0.294 e. The average Bonchev–Trinajstić information content (AvgIpc) is 2.83. The van der Waals surface area contributed by atoms with Crippen molar-refractivity contribution < 1.29 is 13.2 Å². The molecule has 0 bridgehead atoms. The fourth-order valence-electron chi connectivity index (χ4n) is 2.79. The van der Waals surface area contributed by atoms with Gasteiger partial charge in [0, 0.05) is 37.0 Å². The van der Waals surface area contributed by atoms with E-state index in [9.17, 15) is 13.2 Å². The maximum absolute atomic E-state index is 12.6. The first kappa shape index (κ1) is 15.1. The van der Waals surface area contributed by atoms with Crippen LogP contribution in [0.25, 0.3) is 0 Å². The van der Waals surface area contributed by atoms with Gasteiger partial charge in [0.15, 0.2) is 5.78 Å². The van der Waals surface area contributed by atoms with Crippen LogP contribution < -0.4 is 0 Å². The Morgan fingerprint density at radius 2 is 2.00 bits per heavy atom. The van der Waals surface area contributed by atoms with Crippen LogP contribution in [0, 0.1) is 11.8 Å². The third kappa shape index (κ3) is 3.24. The standard InChI is InChI=1S/C14H20N2O3S/c1-3-4-12-9-16(20(2,18)19)10-13(12)14(17)11-5-7-15-8-6-11/h5-8,12-13H,3-4,9-10H2,1-2H3/t12-,13?/m0/s1. The van der Waals surface area contributed by atoms with Gasteiger partial charge in [-0.15, -0.1) is 0 Å². The van der Waals surface area contributed by atoms with E-state index < -0.39 is 10.0 Å². The lowest BCUT2D eigenvalue weighted by atomic mass is 9.86.